The fourth-order valence-electron chi connectivity index (χ4n) is 1.88. The highest BCUT2D eigenvalue weighted by atomic mass is 32.2. The van der Waals surface area contributed by atoms with Gasteiger partial charge in [0.1, 0.15) is 10.7 Å². The summed E-state index contributed by atoms with van der Waals surface area (Å²) in [6, 6.07) is 2.25. The van der Waals surface area contributed by atoms with Crippen LogP contribution in [0.25, 0.3) is 0 Å². The highest BCUT2D eigenvalue weighted by Gasteiger charge is 2.20. The van der Waals surface area contributed by atoms with E-state index in [9.17, 15) is 12.8 Å². The number of nitrogen functional groups attached to an aromatic ring is 1. The molecule has 2 aromatic rings. The molecule has 0 fully saturated rings. The standard InChI is InChI=1S/C13H17FN4O2S/c1-9-5-11(14)13(6-12(9)15)21(19,20)17-4-3-10-7-16-18(2)8-10/h5-8,17H,3-4,15H2,1-2H3. The summed E-state index contributed by atoms with van der Waals surface area (Å²) in [5, 5.41) is 3.99. The highest BCUT2D eigenvalue weighted by molar-refractivity contribution is 7.89. The molecule has 0 bridgehead atoms. The number of sulfonamides is 1. The lowest BCUT2D eigenvalue weighted by atomic mass is 10.2. The number of hydrogen-bond donors (Lipinski definition) is 2. The summed E-state index contributed by atoms with van der Waals surface area (Å²) < 4.78 is 41.9. The van der Waals surface area contributed by atoms with E-state index in [0.29, 0.717) is 12.0 Å². The summed E-state index contributed by atoms with van der Waals surface area (Å²) in [7, 11) is -2.15. The Morgan fingerprint density at radius 1 is 1.43 bits per heavy atom. The zero-order chi connectivity index (χ0) is 15.6. The maximum absolute atomic E-state index is 13.8. The van der Waals surface area contributed by atoms with Crippen molar-refractivity contribution in [2.45, 2.75) is 18.2 Å². The molecule has 0 saturated heterocycles. The lowest BCUT2D eigenvalue weighted by molar-refractivity contribution is 0.557. The predicted molar refractivity (Wildman–Crippen MR) is 77.6 cm³/mol. The van der Waals surface area contributed by atoms with E-state index in [1.165, 1.54) is 0 Å². The zero-order valence-electron chi connectivity index (χ0n) is 11.8. The Balaban J connectivity index is 2.10. The van der Waals surface area contributed by atoms with Crippen molar-refractivity contribution in [3.05, 3.63) is 41.5 Å². The lowest BCUT2D eigenvalue weighted by Gasteiger charge is -2.09. The van der Waals surface area contributed by atoms with Gasteiger partial charge in [0.15, 0.2) is 0 Å². The topological polar surface area (TPSA) is 90.0 Å². The normalized spacial score (nSPS) is 11.8. The Kier molecular flexibility index (Phi) is 4.29. The van der Waals surface area contributed by atoms with Crippen molar-refractivity contribution < 1.29 is 12.8 Å². The maximum atomic E-state index is 13.8. The third-order valence-corrected chi connectivity index (χ3v) is 4.55. The Morgan fingerprint density at radius 3 is 2.76 bits per heavy atom. The molecule has 3 N–H and O–H groups in total. The van der Waals surface area contributed by atoms with E-state index in [0.717, 1.165) is 17.7 Å². The first-order chi connectivity index (χ1) is 9.79. The molecular formula is C13H17FN4O2S. The van der Waals surface area contributed by atoms with Crippen LogP contribution in [0.5, 0.6) is 0 Å². The number of nitrogens with one attached hydrogen (secondary N) is 1. The lowest BCUT2D eigenvalue weighted by Crippen LogP contribution is -2.27. The third-order valence-electron chi connectivity index (χ3n) is 3.07. The van der Waals surface area contributed by atoms with Crippen LogP contribution in [0, 0.1) is 12.7 Å². The summed E-state index contributed by atoms with van der Waals surface area (Å²) in [6.45, 7) is 1.77. The summed E-state index contributed by atoms with van der Waals surface area (Å²) in [5.74, 6) is -0.810. The number of aryl methyl sites for hydroxylation is 2. The van der Waals surface area contributed by atoms with Crippen LogP contribution in [0.4, 0.5) is 10.1 Å². The van der Waals surface area contributed by atoms with Gasteiger partial charge >= 0.3 is 0 Å². The van der Waals surface area contributed by atoms with Crippen LogP contribution in [0.15, 0.2) is 29.4 Å². The molecule has 0 atom stereocenters. The van der Waals surface area contributed by atoms with E-state index in [1.54, 1.807) is 31.0 Å². The molecular weight excluding hydrogens is 295 g/mol. The molecule has 0 saturated carbocycles. The molecule has 1 aromatic heterocycles. The Bertz CT molecular complexity index is 756. The minimum absolute atomic E-state index is 0.154. The average Bonchev–Trinajstić information content (AvgIpc) is 2.79. The van der Waals surface area contributed by atoms with Crippen LogP contribution in [-0.4, -0.2) is 24.7 Å². The molecule has 0 aliphatic rings. The van der Waals surface area contributed by atoms with Crippen molar-refractivity contribution in [2.24, 2.45) is 7.05 Å². The fourth-order valence-corrected chi connectivity index (χ4v) is 3.01. The van der Waals surface area contributed by atoms with Gasteiger partial charge in [-0.2, -0.15) is 5.10 Å². The van der Waals surface area contributed by atoms with E-state index >= 15 is 0 Å². The first-order valence-corrected chi connectivity index (χ1v) is 7.81. The molecule has 0 spiro atoms. The number of anilines is 1. The van der Waals surface area contributed by atoms with E-state index in [1.807, 2.05) is 0 Å². The monoisotopic (exact) mass is 312 g/mol. The van der Waals surface area contributed by atoms with E-state index < -0.39 is 20.7 Å². The van der Waals surface area contributed by atoms with Gasteiger partial charge in [-0.15, -0.1) is 0 Å². The van der Waals surface area contributed by atoms with Gasteiger partial charge in [-0.05, 0) is 36.6 Å². The van der Waals surface area contributed by atoms with Crippen molar-refractivity contribution in [1.29, 1.82) is 0 Å². The largest absolute Gasteiger partial charge is 0.398 e. The maximum Gasteiger partial charge on any atom is 0.243 e. The second kappa shape index (κ2) is 5.82. The fraction of sp³-hybridized carbons (Fsp3) is 0.308. The van der Waals surface area contributed by atoms with Crippen LogP contribution in [0.1, 0.15) is 11.1 Å². The van der Waals surface area contributed by atoms with Gasteiger partial charge in [-0.1, -0.05) is 0 Å². The quantitative estimate of drug-likeness (QED) is 0.805. The molecule has 8 heteroatoms. The second-order valence-corrected chi connectivity index (χ2v) is 6.54. The molecule has 0 radical (unpaired) electrons. The number of nitrogens with two attached hydrogens (primary N) is 1. The van der Waals surface area contributed by atoms with Gasteiger partial charge in [-0.3, -0.25) is 4.68 Å². The molecule has 1 heterocycles. The summed E-state index contributed by atoms with van der Waals surface area (Å²) in [6.07, 6.45) is 3.91. The van der Waals surface area contributed by atoms with Crippen molar-refractivity contribution in [2.75, 3.05) is 12.3 Å². The Labute approximate surface area is 122 Å². The van der Waals surface area contributed by atoms with E-state index in [-0.39, 0.29) is 12.2 Å². The van der Waals surface area contributed by atoms with Crippen molar-refractivity contribution in [3.8, 4) is 0 Å². The summed E-state index contributed by atoms with van der Waals surface area (Å²) >= 11 is 0. The number of halogens is 1. The van der Waals surface area contributed by atoms with Crippen LogP contribution in [-0.2, 0) is 23.5 Å². The van der Waals surface area contributed by atoms with Gasteiger partial charge < -0.3 is 5.73 Å². The first kappa shape index (κ1) is 15.5. The van der Waals surface area contributed by atoms with Crippen LogP contribution >= 0.6 is 0 Å². The van der Waals surface area contributed by atoms with Crippen molar-refractivity contribution in [1.82, 2.24) is 14.5 Å². The highest BCUT2D eigenvalue weighted by Crippen LogP contribution is 2.21. The van der Waals surface area contributed by atoms with Crippen molar-refractivity contribution in [3.63, 3.8) is 0 Å². The number of benzene rings is 1. The Hall–Kier alpha value is -1.93. The first-order valence-electron chi connectivity index (χ1n) is 6.32. The minimum Gasteiger partial charge on any atom is -0.398 e. The van der Waals surface area contributed by atoms with Crippen LogP contribution < -0.4 is 10.5 Å². The predicted octanol–water partition coefficient (Wildman–Crippen LogP) is 0.971. The van der Waals surface area contributed by atoms with E-state index in [4.69, 9.17) is 5.73 Å². The van der Waals surface area contributed by atoms with Gasteiger partial charge in [0.2, 0.25) is 10.0 Å². The average molecular weight is 312 g/mol. The number of nitrogens with zero attached hydrogens (tertiary/aromatic N) is 2. The van der Waals surface area contributed by atoms with Gasteiger partial charge in [0, 0.05) is 25.5 Å². The molecule has 2 rings (SSSR count). The van der Waals surface area contributed by atoms with Gasteiger partial charge in [-0.25, -0.2) is 17.5 Å². The smallest absolute Gasteiger partial charge is 0.243 e. The second-order valence-electron chi connectivity index (χ2n) is 4.81. The molecule has 0 amide bonds. The molecule has 0 unspecified atom stereocenters. The SMILES string of the molecule is Cc1cc(F)c(S(=O)(=O)NCCc2cnn(C)c2)cc1N. The number of rotatable bonds is 5. The minimum atomic E-state index is -3.93. The van der Waals surface area contributed by atoms with Gasteiger partial charge in [0.25, 0.3) is 0 Å². The molecule has 0 aliphatic heterocycles. The third kappa shape index (κ3) is 3.59. The Morgan fingerprint density at radius 2 is 2.14 bits per heavy atom. The van der Waals surface area contributed by atoms with Gasteiger partial charge in [0.05, 0.1) is 6.20 Å². The molecule has 114 valence electrons. The van der Waals surface area contributed by atoms with Crippen LogP contribution in [0.3, 0.4) is 0 Å². The molecule has 1 aromatic carbocycles. The summed E-state index contributed by atoms with van der Waals surface area (Å²) in [5.41, 5.74) is 7.27. The molecule has 21 heavy (non-hydrogen) atoms. The van der Waals surface area contributed by atoms with E-state index in [2.05, 4.69) is 9.82 Å². The van der Waals surface area contributed by atoms with Crippen LogP contribution in [0.2, 0.25) is 0 Å². The van der Waals surface area contributed by atoms with Crippen molar-refractivity contribution >= 4 is 15.7 Å². The number of aromatic nitrogens is 2. The zero-order valence-corrected chi connectivity index (χ0v) is 12.6. The number of hydrogen-bond acceptors (Lipinski definition) is 4. The summed E-state index contributed by atoms with van der Waals surface area (Å²) in [4.78, 5) is -0.434. The molecule has 0 aliphatic carbocycles. The molecule has 6 nitrogen and oxygen atoms in total.